The average molecular weight is 337 g/mol. The summed E-state index contributed by atoms with van der Waals surface area (Å²) in [5.41, 5.74) is -0.597. The van der Waals surface area contributed by atoms with Crippen LogP contribution >= 0.6 is 0 Å². The van der Waals surface area contributed by atoms with Gasteiger partial charge in [-0.25, -0.2) is 9.59 Å². The van der Waals surface area contributed by atoms with Gasteiger partial charge in [0.25, 0.3) is 11.5 Å². The number of nitro groups is 1. The number of carbonyl (C=O) groups excluding carboxylic acids is 2. The van der Waals surface area contributed by atoms with Gasteiger partial charge in [-0.3, -0.25) is 10.1 Å². The Kier molecular flexibility index (Phi) is 4.45. The second-order valence-electron chi connectivity index (χ2n) is 5.26. The highest BCUT2D eigenvalue weighted by Crippen LogP contribution is 2.37. The van der Waals surface area contributed by atoms with E-state index in [2.05, 4.69) is 0 Å². The SMILES string of the molecule is COc1cc([N+](=O)[O-])cc(C=C2C(=O)OC(C)(C)OC2=O)c1OC. The van der Waals surface area contributed by atoms with E-state index in [9.17, 15) is 19.7 Å². The summed E-state index contributed by atoms with van der Waals surface area (Å²) in [6.07, 6.45) is 1.11. The number of nitrogens with zero attached hydrogens (tertiary/aromatic N) is 1. The molecule has 9 nitrogen and oxygen atoms in total. The van der Waals surface area contributed by atoms with Gasteiger partial charge in [0.15, 0.2) is 11.5 Å². The first-order valence-electron chi connectivity index (χ1n) is 6.77. The lowest BCUT2D eigenvalue weighted by Gasteiger charge is -2.29. The summed E-state index contributed by atoms with van der Waals surface area (Å²) >= 11 is 0. The van der Waals surface area contributed by atoms with Crippen LogP contribution in [0.5, 0.6) is 11.5 Å². The van der Waals surface area contributed by atoms with Crippen molar-refractivity contribution in [3.05, 3.63) is 33.4 Å². The quantitative estimate of drug-likeness (QED) is 0.269. The number of hydrogen-bond donors (Lipinski definition) is 0. The van der Waals surface area contributed by atoms with Crippen LogP contribution in [0, 0.1) is 10.1 Å². The van der Waals surface area contributed by atoms with E-state index in [0.29, 0.717) is 0 Å². The van der Waals surface area contributed by atoms with Crippen LogP contribution < -0.4 is 9.47 Å². The number of cyclic esters (lactones) is 2. The van der Waals surface area contributed by atoms with E-state index >= 15 is 0 Å². The lowest BCUT2D eigenvalue weighted by molar-refractivity contribution is -0.385. The zero-order chi connectivity index (χ0) is 18.1. The number of ether oxygens (including phenoxy) is 4. The summed E-state index contributed by atoms with van der Waals surface area (Å²) in [6.45, 7) is 2.83. The number of rotatable bonds is 4. The second kappa shape index (κ2) is 6.19. The van der Waals surface area contributed by atoms with E-state index < -0.39 is 28.2 Å². The molecule has 128 valence electrons. The van der Waals surface area contributed by atoms with Gasteiger partial charge in [0.05, 0.1) is 25.2 Å². The molecule has 24 heavy (non-hydrogen) atoms. The van der Waals surface area contributed by atoms with E-state index in [-0.39, 0.29) is 22.7 Å². The lowest BCUT2D eigenvalue weighted by Crippen LogP contribution is -2.41. The van der Waals surface area contributed by atoms with Crippen LogP contribution in [-0.4, -0.2) is 36.9 Å². The third-order valence-corrected chi connectivity index (χ3v) is 3.12. The molecule has 0 saturated carbocycles. The minimum absolute atomic E-state index is 0.0800. The van der Waals surface area contributed by atoms with Crippen molar-refractivity contribution in [1.82, 2.24) is 0 Å². The largest absolute Gasteiger partial charge is 0.493 e. The van der Waals surface area contributed by atoms with Gasteiger partial charge in [0.1, 0.15) is 5.57 Å². The Morgan fingerprint density at radius 2 is 1.71 bits per heavy atom. The number of methoxy groups -OCH3 is 2. The summed E-state index contributed by atoms with van der Waals surface area (Å²) in [6, 6.07) is 2.32. The monoisotopic (exact) mass is 337 g/mol. The van der Waals surface area contributed by atoms with Crippen LogP contribution in [0.2, 0.25) is 0 Å². The highest BCUT2D eigenvalue weighted by molar-refractivity contribution is 6.19. The maximum absolute atomic E-state index is 12.0. The van der Waals surface area contributed by atoms with E-state index in [0.717, 1.165) is 12.1 Å². The van der Waals surface area contributed by atoms with Crippen LogP contribution in [0.3, 0.4) is 0 Å². The molecule has 0 aromatic heterocycles. The molecule has 0 N–H and O–H groups in total. The molecule has 9 heteroatoms. The third-order valence-electron chi connectivity index (χ3n) is 3.12. The molecule has 0 unspecified atom stereocenters. The van der Waals surface area contributed by atoms with Crippen molar-refractivity contribution in [3.8, 4) is 11.5 Å². The standard InChI is InChI=1S/C15H15NO8/c1-15(2)23-13(17)10(14(18)24-15)6-8-5-9(16(19)20)7-11(21-3)12(8)22-4/h5-7H,1-4H3. The molecule has 0 bridgehead atoms. The summed E-state index contributed by atoms with van der Waals surface area (Å²) < 4.78 is 20.2. The fourth-order valence-electron chi connectivity index (χ4n) is 2.13. The minimum atomic E-state index is -1.38. The summed E-state index contributed by atoms with van der Waals surface area (Å²) in [4.78, 5) is 34.4. The molecule has 1 aliphatic heterocycles. The molecule has 1 saturated heterocycles. The molecule has 0 spiro atoms. The number of non-ortho nitro benzene ring substituents is 1. The normalized spacial score (nSPS) is 16.1. The summed E-state index contributed by atoms with van der Waals surface area (Å²) in [7, 11) is 2.64. The predicted octanol–water partition coefficient (Wildman–Crippen LogP) is 1.83. The minimum Gasteiger partial charge on any atom is -0.493 e. The zero-order valence-corrected chi connectivity index (χ0v) is 13.4. The van der Waals surface area contributed by atoms with Gasteiger partial charge in [-0.15, -0.1) is 0 Å². The highest BCUT2D eigenvalue weighted by atomic mass is 16.7. The Balaban J connectivity index is 2.59. The van der Waals surface area contributed by atoms with E-state index in [1.165, 1.54) is 34.1 Å². The van der Waals surface area contributed by atoms with Crippen molar-refractivity contribution in [1.29, 1.82) is 0 Å². The van der Waals surface area contributed by atoms with Gasteiger partial charge >= 0.3 is 11.9 Å². The van der Waals surface area contributed by atoms with E-state index in [4.69, 9.17) is 18.9 Å². The first-order valence-corrected chi connectivity index (χ1v) is 6.77. The Bertz CT molecular complexity index is 728. The van der Waals surface area contributed by atoms with Gasteiger partial charge in [-0.2, -0.15) is 0 Å². The van der Waals surface area contributed by atoms with Crippen LogP contribution in [-0.2, 0) is 19.1 Å². The fourth-order valence-corrected chi connectivity index (χ4v) is 2.13. The third kappa shape index (κ3) is 3.29. The zero-order valence-electron chi connectivity index (χ0n) is 13.4. The van der Waals surface area contributed by atoms with Crippen LogP contribution in [0.1, 0.15) is 19.4 Å². The Hall–Kier alpha value is -3.10. The highest BCUT2D eigenvalue weighted by Gasteiger charge is 2.39. The van der Waals surface area contributed by atoms with Crippen LogP contribution in [0.4, 0.5) is 5.69 Å². The average Bonchev–Trinajstić information content (AvgIpc) is 2.48. The van der Waals surface area contributed by atoms with Gasteiger partial charge in [0, 0.05) is 25.5 Å². The Morgan fingerprint density at radius 1 is 1.12 bits per heavy atom. The molecule has 1 heterocycles. The fraction of sp³-hybridized carbons (Fsp3) is 0.333. The predicted molar refractivity (Wildman–Crippen MR) is 80.4 cm³/mol. The molecule has 0 aliphatic carbocycles. The maximum Gasteiger partial charge on any atom is 0.348 e. The molecule has 0 radical (unpaired) electrons. The van der Waals surface area contributed by atoms with Crippen LogP contribution in [0.15, 0.2) is 17.7 Å². The molecular weight excluding hydrogens is 322 g/mol. The van der Waals surface area contributed by atoms with Crippen molar-refractivity contribution in [2.75, 3.05) is 14.2 Å². The van der Waals surface area contributed by atoms with Crippen molar-refractivity contribution in [2.24, 2.45) is 0 Å². The lowest BCUT2D eigenvalue weighted by atomic mass is 10.1. The van der Waals surface area contributed by atoms with E-state index in [1.807, 2.05) is 0 Å². The maximum atomic E-state index is 12.0. The van der Waals surface area contributed by atoms with Crippen molar-refractivity contribution in [2.45, 2.75) is 19.6 Å². The molecule has 0 atom stereocenters. The molecule has 1 aromatic carbocycles. The van der Waals surface area contributed by atoms with Crippen LogP contribution in [0.25, 0.3) is 6.08 Å². The molecule has 1 aliphatic rings. The molecular formula is C15H15NO8. The number of hydrogen-bond acceptors (Lipinski definition) is 8. The first-order chi connectivity index (χ1) is 11.2. The number of carbonyl (C=O) groups is 2. The molecule has 2 rings (SSSR count). The summed E-state index contributed by atoms with van der Waals surface area (Å²) in [5, 5.41) is 11.0. The van der Waals surface area contributed by atoms with E-state index in [1.54, 1.807) is 0 Å². The van der Waals surface area contributed by atoms with Crippen molar-refractivity contribution < 1.29 is 33.5 Å². The Morgan fingerprint density at radius 3 is 2.17 bits per heavy atom. The van der Waals surface area contributed by atoms with Gasteiger partial charge in [0.2, 0.25) is 0 Å². The van der Waals surface area contributed by atoms with Gasteiger partial charge in [-0.05, 0) is 6.08 Å². The van der Waals surface area contributed by atoms with Crippen molar-refractivity contribution in [3.63, 3.8) is 0 Å². The molecule has 1 aromatic rings. The number of nitro benzene ring substituents is 1. The first kappa shape index (κ1) is 17.3. The molecule has 1 fully saturated rings. The second-order valence-corrected chi connectivity index (χ2v) is 5.26. The molecule has 0 amide bonds. The smallest absolute Gasteiger partial charge is 0.348 e. The number of benzene rings is 1. The Labute approximate surface area is 136 Å². The number of esters is 2. The van der Waals surface area contributed by atoms with Gasteiger partial charge < -0.3 is 18.9 Å². The topological polar surface area (TPSA) is 114 Å². The van der Waals surface area contributed by atoms with Crippen molar-refractivity contribution >= 4 is 23.7 Å². The van der Waals surface area contributed by atoms with Gasteiger partial charge in [-0.1, -0.05) is 0 Å². The summed E-state index contributed by atoms with van der Waals surface area (Å²) in [5.74, 6) is -2.97.